The van der Waals surface area contributed by atoms with Crippen molar-refractivity contribution in [3.8, 4) is 0 Å². The summed E-state index contributed by atoms with van der Waals surface area (Å²) >= 11 is 0. The van der Waals surface area contributed by atoms with Crippen LogP contribution in [0.3, 0.4) is 0 Å². The number of carboxylic acids is 3. The van der Waals surface area contributed by atoms with Gasteiger partial charge in [0.2, 0.25) is 17.7 Å². The maximum absolute atomic E-state index is 13.5. The molecule has 0 aliphatic heterocycles. The van der Waals surface area contributed by atoms with Crippen LogP contribution >= 0.6 is 0 Å². The molecule has 4 unspecified atom stereocenters. The van der Waals surface area contributed by atoms with E-state index in [-0.39, 0.29) is 19.3 Å². The predicted octanol–water partition coefficient (Wildman–Crippen LogP) is -0.955. The number of aromatic nitrogens is 1. The fraction of sp³-hybridized carbons (Fsp3) is 0.462. The molecule has 0 spiro atoms. The lowest BCUT2D eigenvalue weighted by Gasteiger charge is -2.25. The molecule has 11 N–H and O–H groups in total. The normalized spacial score (nSPS) is 13.9. The predicted molar refractivity (Wildman–Crippen MR) is 145 cm³/mol. The molecule has 1 aromatic carbocycles. The van der Waals surface area contributed by atoms with Crippen molar-refractivity contribution < 1.29 is 44.1 Å². The largest absolute Gasteiger partial charge is 0.481 e. The monoisotopic (exact) mass is 576 g/mol. The number of benzene rings is 1. The molecule has 1 heterocycles. The van der Waals surface area contributed by atoms with Crippen molar-refractivity contribution in [3.05, 3.63) is 36.0 Å². The highest BCUT2D eigenvalue weighted by atomic mass is 16.4. The van der Waals surface area contributed by atoms with Gasteiger partial charge in [0.15, 0.2) is 0 Å². The number of H-pyrrole nitrogens is 1. The van der Waals surface area contributed by atoms with E-state index in [4.69, 9.17) is 21.7 Å². The summed E-state index contributed by atoms with van der Waals surface area (Å²) in [6, 6.07) is 1.74. The molecule has 0 saturated carbocycles. The van der Waals surface area contributed by atoms with Crippen molar-refractivity contribution in [1.29, 1.82) is 0 Å². The van der Waals surface area contributed by atoms with Gasteiger partial charge in [0.25, 0.3) is 0 Å². The molecule has 41 heavy (non-hydrogen) atoms. The standard InChI is InChI=1S/C26H36N6O9/c27-10-4-3-7-18(24(38)31-19(26(40)41)8-9-21(33)34)30-25(39)20(32-23(37)16(28)12-22(35)36)11-14-13-29-17-6-2-1-5-15(14)17/h1-2,5-6,13,16,18-20,29H,3-4,7-12,27-28H2,(H,30,39)(H,31,38)(H,32,37)(H,33,34)(H,35,36)(H,40,41). The number of carbonyl (C=O) groups excluding carboxylic acids is 3. The van der Waals surface area contributed by atoms with Crippen LogP contribution < -0.4 is 27.4 Å². The number of aromatic amines is 1. The van der Waals surface area contributed by atoms with Crippen LogP contribution in [-0.4, -0.2) is 86.6 Å². The van der Waals surface area contributed by atoms with E-state index in [0.717, 1.165) is 10.9 Å². The summed E-state index contributed by atoms with van der Waals surface area (Å²) in [5.74, 6) is -6.53. The van der Waals surface area contributed by atoms with Crippen LogP contribution in [0.2, 0.25) is 0 Å². The number of nitrogens with one attached hydrogen (secondary N) is 4. The van der Waals surface area contributed by atoms with Crippen LogP contribution in [0.25, 0.3) is 10.9 Å². The Hall–Kier alpha value is -4.50. The van der Waals surface area contributed by atoms with E-state index in [1.807, 2.05) is 12.1 Å². The number of hydrogen-bond donors (Lipinski definition) is 9. The quantitative estimate of drug-likeness (QED) is 0.0976. The molecule has 0 bridgehead atoms. The summed E-state index contributed by atoms with van der Waals surface area (Å²) in [6.07, 6.45) is 1.02. The Bertz CT molecular complexity index is 1250. The number of rotatable bonds is 18. The SMILES string of the molecule is NCCCCC(NC(=O)C(Cc1c[nH]c2ccccc12)NC(=O)C(N)CC(=O)O)C(=O)NC(CCC(=O)O)C(=O)O. The van der Waals surface area contributed by atoms with Crippen LogP contribution in [0.15, 0.2) is 30.5 Å². The minimum Gasteiger partial charge on any atom is -0.481 e. The number of para-hydroxylation sites is 1. The average molecular weight is 577 g/mol. The first-order valence-corrected chi connectivity index (χ1v) is 13.0. The topological polar surface area (TPSA) is 267 Å². The lowest BCUT2D eigenvalue weighted by Crippen LogP contribution is -2.57. The summed E-state index contributed by atoms with van der Waals surface area (Å²) in [5.41, 5.74) is 12.7. The first kappa shape index (κ1) is 32.7. The van der Waals surface area contributed by atoms with Gasteiger partial charge >= 0.3 is 17.9 Å². The van der Waals surface area contributed by atoms with Gasteiger partial charge < -0.3 is 47.7 Å². The Morgan fingerprint density at radius 1 is 0.805 bits per heavy atom. The third kappa shape index (κ3) is 10.5. The van der Waals surface area contributed by atoms with E-state index in [0.29, 0.717) is 24.9 Å². The molecule has 0 aliphatic carbocycles. The highest BCUT2D eigenvalue weighted by molar-refractivity contribution is 5.95. The van der Waals surface area contributed by atoms with Gasteiger partial charge in [0, 0.05) is 29.9 Å². The first-order chi connectivity index (χ1) is 19.4. The number of fused-ring (bicyclic) bond motifs is 1. The van der Waals surface area contributed by atoms with E-state index in [1.165, 1.54) is 0 Å². The Balaban J connectivity index is 2.29. The zero-order valence-corrected chi connectivity index (χ0v) is 22.3. The number of amides is 3. The molecule has 0 fully saturated rings. The summed E-state index contributed by atoms with van der Waals surface area (Å²) in [7, 11) is 0. The molecule has 1 aromatic heterocycles. The first-order valence-electron chi connectivity index (χ1n) is 13.0. The summed E-state index contributed by atoms with van der Waals surface area (Å²) in [6.45, 7) is 0.305. The zero-order chi connectivity index (χ0) is 30.5. The molecule has 3 amide bonds. The third-order valence-corrected chi connectivity index (χ3v) is 6.30. The number of carboxylic acid groups (broad SMARTS) is 3. The van der Waals surface area contributed by atoms with Gasteiger partial charge in [-0.2, -0.15) is 0 Å². The van der Waals surface area contributed by atoms with Crippen molar-refractivity contribution in [2.45, 2.75) is 69.1 Å². The molecule has 15 heteroatoms. The molecule has 2 aromatic rings. The molecule has 224 valence electrons. The van der Waals surface area contributed by atoms with E-state index >= 15 is 0 Å². The Morgan fingerprint density at radius 2 is 1.44 bits per heavy atom. The second-order valence-corrected chi connectivity index (χ2v) is 9.51. The number of nitrogens with two attached hydrogens (primary N) is 2. The second kappa shape index (κ2) is 15.9. The molecule has 0 aliphatic rings. The highest BCUT2D eigenvalue weighted by Crippen LogP contribution is 2.19. The van der Waals surface area contributed by atoms with Crippen molar-refractivity contribution >= 4 is 46.5 Å². The van der Waals surface area contributed by atoms with Crippen LogP contribution in [0, 0.1) is 0 Å². The van der Waals surface area contributed by atoms with Crippen molar-refractivity contribution in [2.75, 3.05) is 6.54 Å². The molecule has 2 rings (SSSR count). The van der Waals surface area contributed by atoms with E-state index in [9.17, 15) is 33.9 Å². The fourth-order valence-corrected chi connectivity index (χ4v) is 4.12. The van der Waals surface area contributed by atoms with E-state index in [2.05, 4.69) is 20.9 Å². The lowest BCUT2D eigenvalue weighted by atomic mass is 10.0. The Kier molecular flexibility index (Phi) is 12.7. The van der Waals surface area contributed by atoms with Gasteiger partial charge in [-0.05, 0) is 43.9 Å². The second-order valence-electron chi connectivity index (χ2n) is 9.51. The van der Waals surface area contributed by atoms with Crippen molar-refractivity contribution in [2.24, 2.45) is 11.5 Å². The molecule has 4 atom stereocenters. The fourth-order valence-electron chi connectivity index (χ4n) is 4.12. The Morgan fingerprint density at radius 3 is 2.07 bits per heavy atom. The maximum Gasteiger partial charge on any atom is 0.326 e. The van der Waals surface area contributed by atoms with Crippen LogP contribution in [0.1, 0.15) is 44.1 Å². The maximum atomic E-state index is 13.5. The highest BCUT2D eigenvalue weighted by Gasteiger charge is 2.31. The summed E-state index contributed by atoms with van der Waals surface area (Å²) in [4.78, 5) is 75.8. The average Bonchev–Trinajstić information content (AvgIpc) is 3.31. The van der Waals surface area contributed by atoms with E-state index < -0.39 is 72.6 Å². The Labute approximate surface area is 235 Å². The van der Waals surface area contributed by atoms with E-state index in [1.54, 1.807) is 18.3 Å². The molecule has 0 saturated heterocycles. The van der Waals surface area contributed by atoms with Gasteiger partial charge in [0.05, 0.1) is 12.5 Å². The zero-order valence-electron chi connectivity index (χ0n) is 22.3. The number of unbranched alkanes of at least 4 members (excludes halogenated alkanes) is 1. The smallest absolute Gasteiger partial charge is 0.326 e. The van der Waals surface area contributed by atoms with Gasteiger partial charge in [-0.1, -0.05) is 18.2 Å². The molecule has 15 nitrogen and oxygen atoms in total. The minimum absolute atomic E-state index is 0.0467. The minimum atomic E-state index is -1.51. The number of hydrogen-bond acceptors (Lipinski definition) is 8. The van der Waals surface area contributed by atoms with Crippen LogP contribution in [0.5, 0.6) is 0 Å². The van der Waals surface area contributed by atoms with Gasteiger partial charge in [-0.15, -0.1) is 0 Å². The van der Waals surface area contributed by atoms with Crippen molar-refractivity contribution in [1.82, 2.24) is 20.9 Å². The summed E-state index contributed by atoms with van der Waals surface area (Å²) in [5, 5.41) is 35.4. The molecular weight excluding hydrogens is 540 g/mol. The van der Waals surface area contributed by atoms with Gasteiger partial charge in [-0.3, -0.25) is 24.0 Å². The number of aliphatic carboxylic acids is 3. The molecule has 0 radical (unpaired) electrons. The van der Waals surface area contributed by atoms with Crippen LogP contribution in [-0.2, 0) is 35.2 Å². The number of carbonyl (C=O) groups is 6. The third-order valence-electron chi connectivity index (χ3n) is 6.30. The van der Waals surface area contributed by atoms with Crippen LogP contribution in [0.4, 0.5) is 0 Å². The molecular formula is C26H36N6O9. The van der Waals surface area contributed by atoms with Crippen molar-refractivity contribution in [3.63, 3.8) is 0 Å². The van der Waals surface area contributed by atoms with Gasteiger partial charge in [-0.25, -0.2) is 4.79 Å². The lowest BCUT2D eigenvalue weighted by molar-refractivity contribution is -0.143. The summed E-state index contributed by atoms with van der Waals surface area (Å²) < 4.78 is 0. The van der Waals surface area contributed by atoms with Gasteiger partial charge in [0.1, 0.15) is 18.1 Å².